The lowest BCUT2D eigenvalue weighted by Gasteiger charge is -2.05. The number of nitrogens with zero attached hydrogens (tertiary/aromatic N) is 1. The molecule has 2 aromatic rings. The Kier molecular flexibility index (Phi) is 5.56. The molecule has 21 heavy (non-hydrogen) atoms. The summed E-state index contributed by atoms with van der Waals surface area (Å²) in [6, 6.07) is 3.14. The van der Waals surface area contributed by atoms with Crippen LogP contribution in [-0.2, 0) is 11.2 Å². The summed E-state index contributed by atoms with van der Waals surface area (Å²) in [6.45, 7) is 0.444. The van der Waals surface area contributed by atoms with E-state index in [1.54, 1.807) is 18.5 Å². The number of rotatable bonds is 7. The summed E-state index contributed by atoms with van der Waals surface area (Å²) in [6.07, 6.45) is 4.99. The highest BCUT2D eigenvalue weighted by Gasteiger charge is 2.11. The van der Waals surface area contributed by atoms with E-state index < -0.39 is 5.91 Å². The van der Waals surface area contributed by atoms with E-state index in [-0.39, 0.29) is 18.2 Å². The Morgan fingerprint density at radius 1 is 1.33 bits per heavy atom. The zero-order chi connectivity index (χ0) is 15.1. The van der Waals surface area contributed by atoms with Crippen LogP contribution < -0.4 is 10.6 Å². The molecule has 2 amide bonds. The number of amides is 2. The molecule has 112 valence electrons. The molecule has 0 unspecified atom stereocenters. The van der Waals surface area contributed by atoms with Gasteiger partial charge in [0.25, 0.3) is 5.91 Å². The van der Waals surface area contributed by atoms with E-state index in [4.69, 9.17) is 4.42 Å². The number of nitrogens with one attached hydrogen (secondary N) is 3. The lowest BCUT2D eigenvalue weighted by molar-refractivity contribution is -0.120. The van der Waals surface area contributed by atoms with Crippen molar-refractivity contribution >= 4 is 27.7 Å². The molecule has 0 spiro atoms. The molecule has 0 saturated heterocycles. The van der Waals surface area contributed by atoms with E-state index in [0.29, 0.717) is 11.2 Å². The summed E-state index contributed by atoms with van der Waals surface area (Å²) in [4.78, 5) is 30.3. The van der Waals surface area contributed by atoms with Gasteiger partial charge in [-0.1, -0.05) is 0 Å². The molecule has 0 aromatic carbocycles. The van der Waals surface area contributed by atoms with Crippen molar-refractivity contribution in [3.05, 3.63) is 40.8 Å². The van der Waals surface area contributed by atoms with Crippen LogP contribution in [0.3, 0.4) is 0 Å². The predicted molar refractivity (Wildman–Crippen MR) is 78.7 cm³/mol. The van der Waals surface area contributed by atoms with Gasteiger partial charge >= 0.3 is 0 Å². The molecule has 0 fully saturated rings. The van der Waals surface area contributed by atoms with Crippen LogP contribution in [0.2, 0.25) is 0 Å². The summed E-state index contributed by atoms with van der Waals surface area (Å²) >= 11 is 3.11. The van der Waals surface area contributed by atoms with E-state index >= 15 is 0 Å². The first-order chi connectivity index (χ1) is 10.1. The van der Waals surface area contributed by atoms with E-state index in [9.17, 15) is 9.59 Å². The maximum atomic E-state index is 11.6. The third kappa shape index (κ3) is 5.07. The molecule has 0 aliphatic heterocycles. The van der Waals surface area contributed by atoms with Gasteiger partial charge in [0.2, 0.25) is 5.91 Å². The highest BCUT2D eigenvalue weighted by Crippen LogP contribution is 2.13. The van der Waals surface area contributed by atoms with Gasteiger partial charge in [0.15, 0.2) is 10.4 Å². The van der Waals surface area contributed by atoms with Gasteiger partial charge in [-0.2, -0.15) is 0 Å². The molecule has 0 bridgehead atoms. The monoisotopic (exact) mass is 354 g/mol. The Morgan fingerprint density at radius 2 is 2.19 bits per heavy atom. The average molecular weight is 355 g/mol. The fourth-order valence-electron chi connectivity index (χ4n) is 1.66. The van der Waals surface area contributed by atoms with E-state index in [2.05, 4.69) is 36.5 Å². The van der Waals surface area contributed by atoms with Crippen LogP contribution in [0.15, 0.2) is 33.6 Å². The Hall–Kier alpha value is -2.09. The number of aromatic nitrogens is 2. The highest BCUT2D eigenvalue weighted by molar-refractivity contribution is 9.10. The Bertz CT molecular complexity index is 594. The number of halogens is 1. The molecule has 0 aliphatic carbocycles. The molecule has 2 aromatic heterocycles. The van der Waals surface area contributed by atoms with Crippen molar-refractivity contribution in [3.63, 3.8) is 0 Å². The number of hydrogen-bond acceptors (Lipinski definition) is 4. The molecule has 0 saturated carbocycles. The summed E-state index contributed by atoms with van der Waals surface area (Å²) in [5, 5.41) is 5.20. The van der Waals surface area contributed by atoms with Crippen LogP contribution in [0.25, 0.3) is 0 Å². The number of carbonyl (C=O) groups excluding carboxylic acids is 2. The van der Waals surface area contributed by atoms with Crippen LogP contribution in [0.5, 0.6) is 0 Å². The molecule has 0 atom stereocenters. The van der Waals surface area contributed by atoms with Gasteiger partial charge in [-0.3, -0.25) is 9.59 Å². The van der Waals surface area contributed by atoms with E-state index in [0.717, 1.165) is 18.7 Å². The minimum absolute atomic E-state index is 0.0854. The number of aromatic amines is 1. The van der Waals surface area contributed by atoms with Gasteiger partial charge in [0.05, 0.1) is 6.54 Å². The zero-order valence-electron chi connectivity index (χ0n) is 11.2. The summed E-state index contributed by atoms with van der Waals surface area (Å²) < 4.78 is 5.55. The fraction of sp³-hybridized carbons (Fsp3) is 0.308. The molecule has 2 rings (SSSR count). The van der Waals surface area contributed by atoms with Crippen molar-refractivity contribution in [3.8, 4) is 0 Å². The third-order valence-electron chi connectivity index (χ3n) is 2.67. The molecule has 7 nitrogen and oxygen atoms in total. The van der Waals surface area contributed by atoms with Crippen LogP contribution in [0, 0.1) is 0 Å². The highest BCUT2D eigenvalue weighted by atomic mass is 79.9. The number of hydrogen-bond donors (Lipinski definition) is 3. The quantitative estimate of drug-likeness (QED) is 0.651. The number of furan rings is 1. The molecular formula is C13H15BrN4O3. The first kappa shape index (κ1) is 15.3. The smallest absolute Gasteiger partial charge is 0.287 e. The molecule has 2 heterocycles. The molecule has 3 N–H and O–H groups in total. The SMILES string of the molecule is O=C(CNC(=O)c1ccc(Br)o1)NCCCc1ncc[nH]1. The topological polar surface area (TPSA) is 100 Å². The van der Waals surface area contributed by atoms with E-state index in [1.807, 2.05) is 0 Å². The largest absolute Gasteiger partial charge is 0.444 e. The van der Waals surface area contributed by atoms with Gasteiger partial charge < -0.3 is 20.0 Å². The second-order valence-electron chi connectivity index (χ2n) is 4.28. The van der Waals surface area contributed by atoms with Crippen LogP contribution >= 0.6 is 15.9 Å². The fourth-order valence-corrected chi connectivity index (χ4v) is 1.97. The standard InChI is InChI=1S/C13H15BrN4O3/c14-10-4-3-9(21-10)13(20)18-8-12(19)17-5-1-2-11-15-6-7-16-11/h3-4,6-7H,1-2,5,8H2,(H,15,16)(H,17,19)(H,18,20). The van der Waals surface area contributed by atoms with Crippen LogP contribution in [0.4, 0.5) is 0 Å². The second-order valence-corrected chi connectivity index (χ2v) is 5.06. The first-order valence-corrected chi connectivity index (χ1v) is 7.23. The average Bonchev–Trinajstić information content (AvgIpc) is 3.12. The molecule has 8 heteroatoms. The third-order valence-corrected chi connectivity index (χ3v) is 3.10. The lowest BCUT2D eigenvalue weighted by atomic mass is 10.3. The van der Waals surface area contributed by atoms with Crippen molar-refractivity contribution in [2.24, 2.45) is 0 Å². The molecular weight excluding hydrogens is 340 g/mol. The number of H-pyrrole nitrogens is 1. The number of aryl methyl sites for hydroxylation is 1. The maximum absolute atomic E-state index is 11.6. The number of imidazole rings is 1. The first-order valence-electron chi connectivity index (χ1n) is 6.43. The normalized spacial score (nSPS) is 10.3. The second kappa shape index (κ2) is 7.63. The summed E-state index contributed by atoms with van der Waals surface area (Å²) in [5.41, 5.74) is 0. The number of carbonyl (C=O) groups is 2. The Labute approximate surface area is 129 Å². The lowest BCUT2D eigenvalue weighted by Crippen LogP contribution is -2.37. The predicted octanol–water partition coefficient (Wildman–Crippen LogP) is 1.24. The van der Waals surface area contributed by atoms with Gasteiger partial charge in [-0.15, -0.1) is 0 Å². The van der Waals surface area contributed by atoms with Crippen LogP contribution in [0.1, 0.15) is 22.8 Å². The maximum Gasteiger partial charge on any atom is 0.287 e. The Balaban J connectivity index is 1.60. The van der Waals surface area contributed by atoms with Crippen molar-refractivity contribution in [2.75, 3.05) is 13.1 Å². The van der Waals surface area contributed by atoms with Crippen molar-refractivity contribution in [2.45, 2.75) is 12.8 Å². The minimum Gasteiger partial charge on any atom is -0.444 e. The van der Waals surface area contributed by atoms with Gasteiger partial charge in [-0.25, -0.2) is 4.98 Å². The molecule has 0 aliphatic rings. The van der Waals surface area contributed by atoms with E-state index in [1.165, 1.54) is 6.07 Å². The van der Waals surface area contributed by atoms with Crippen LogP contribution in [-0.4, -0.2) is 34.9 Å². The summed E-state index contributed by atoms with van der Waals surface area (Å²) in [7, 11) is 0. The molecule has 0 radical (unpaired) electrons. The van der Waals surface area contributed by atoms with Crippen molar-refractivity contribution < 1.29 is 14.0 Å². The Morgan fingerprint density at radius 3 is 2.86 bits per heavy atom. The van der Waals surface area contributed by atoms with Gasteiger partial charge in [0.1, 0.15) is 5.82 Å². The van der Waals surface area contributed by atoms with Gasteiger partial charge in [-0.05, 0) is 34.5 Å². The van der Waals surface area contributed by atoms with Crippen molar-refractivity contribution in [1.82, 2.24) is 20.6 Å². The zero-order valence-corrected chi connectivity index (χ0v) is 12.8. The van der Waals surface area contributed by atoms with Crippen molar-refractivity contribution in [1.29, 1.82) is 0 Å². The van der Waals surface area contributed by atoms with Gasteiger partial charge in [0, 0.05) is 25.4 Å². The minimum atomic E-state index is -0.425. The summed E-state index contributed by atoms with van der Waals surface area (Å²) in [5.74, 6) is 0.383.